The monoisotopic (exact) mass is 447 g/mol. The molecule has 2 unspecified atom stereocenters. The third kappa shape index (κ3) is 4.07. The molecule has 24 heavy (non-hydrogen) atoms. The number of nitrogens with zero attached hydrogens (tertiary/aromatic N) is 1. The summed E-state index contributed by atoms with van der Waals surface area (Å²) >= 11 is 0. The van der Waals surface area contributed by atoms with E-state index in [1.807, 2.05) is 12.1 Å². The molecular formula is C18H30IN3O2. The molecule has 0 bridgehead atoms. The Morgan fingerprint density at radius 2 is 2.17 bits per heavy atom. The van der Waals surface area contributed by atoms with Gasteiger partial charge in [-0.2, -0.15) is 0 Å². The molecule has 1 heterocycles. The fraction of sp³-hybridized carbons (Fsp3) is 0.722. The van der Waals surface area contributed by atoms with Crippen molar-refractivity contribution in [3.63, 3.8) is 0 Å². The molecule has 2 aliphatic carbocycles. The Balaban J connectivity index is 0.00000208. The van der Waals surface area contributed by atoms with Crippen molar-refractivity contribution in [2.75, 3.05) is 13.2 Å². The first-order valence-corrected chi connectivity index (χ1v) is 8.97. The van der Waals surface area contributed by atoms with Gasteiger partial charge in [0.15, 0.2) is 5.96 Å². The summed E-state index contributed by atoms with van der Waals surface area (Å²) < 4.78 is 11.4. The average Bonchev–Trinajstić information content (AvgIpc) is 3.23. The molecule has 6 heteroatoms. The Labute approximate surface area is 162 Å². The van der Waals surface area contributed by atoms with Crippen molar-refractivity contribution in [2.45, 2.75) is 64.6 Å². The number of ether oxygens (including phenoxy) is 1. The maximum Gasteiger partial charge on any atom is 0.191 e. The van der Waals surface area contributed by atoms with Crippen molar-refractivity contribution >= 4 is 29.9 Å². The van der Waals surface area contributed by atoms with E-state index in [9.17, 15) is 0 Å². The normalized spacial score (nSPS) is 25.2. The van der Waals surface area contributed by atoms with E-state index in [-0.39, 0.29) is 24.0 Å². The van der Waals surface area contributed by atoms with E-state index >= 15 is 0 Å². The molecule has 0 amide bonds. The molecule has 2 N–H and O–H groups in total. The summed E-state index contributed by atoms with van der Waals surface area (Å²) in [5.74, 6) is 1.77. The average molecular weight is 447 g/mol. The minimum absolute atomic E-state index is 0. The number of furan rings is 1. The van der Waals surface area contributed by atoms with Crippen molar-refractivity contribution in [1.29, 1.82) is 0 Å². The van der Waals surface area contributed by atoms with Gasteiger partial charge < -0.3 is 19.8 Å². The zero-order chi connectivity index (χ0) is 16.1. The predicted octanol–water partition coefficient (Wildman–Crippen LogP) is 3.69. The van der Waals surface area contributed by atoms with E-state index in [1.54, 1.807) is 6.26 Å². The quantitative estimate of drug-likeness (QED) is 0.397. The van der Waals surface area contributed by atoms with Crippen molar-refractivity contribution in [3.8, 4) is 0 Å². The van der Waals surface area contributed by atoms with Gasteiger partial charge in [-0.15, -0.1) is 24.0 Å². The first-order chi connectivity index (χ1) is 11.3. The molecule has 0 aromatic carbocycles. The highest BCUT2D eigenvalue weighted by molar-refractivity contribution is 14.0. The Morgan fingerprint density at radius 3 is 2.79 bits per heavy atom. The van der Waals surface area contributed by atoms with Gasteiger partial charge in [-0.1, -0.05) is 12.8 Å². The maximum atomic E-state index is 5.99. The van der Waals surface area contributed by atoms with Gasteiger partial charge in [0.2, 0.25) is 0 Å². The van der Waals surface area contributed by atoms with Gasteiger partial charge in [0.05, 0.1) is 12.4 Å². The topological polar surface area (TPSA) is 58.8 Å². The lowest BCUT2D eigenvalue weighted by Gasteiger charge is -2.54. The van der Waals surface area contributed by atoms with Crippen molar-refractivity contribution in [1.82, 2.24) is 10.6 Å². The number of hydrogen-bond acceptors (Lipinski definition) is 3. The van der Waals surface area contributed by atoms with Crippen molar-refractivity contribution < 1.29 is 9.15 Å². The smallest absolute Gasteiger partial charge is 0.191 e. The van der Waals surface area contributed by atoms with E-state index in [4.69, 9.17) is 9.15 Å². The van der Waals surface area contributed by atoms with Crippen LogP contribution in [0.5, 0.6) is 0 Å². The summed E-state index contributed by atoms with van der Waals surface area (Å²) in [5, 5.41) is 7.01. The standard InChI is InChI=1S/C18H29N3O2.HI/c1-3-19-17(20-13-14-8-7-11-23-14)21-15-12-16(22-4-2)18(15)9-5-6-10-18;/h7-8,11,15-16H,3-6,9-10,12-13H2,1-2H3,(H2,19,20,21);1H. The van der Waals surface area contributed by atoms with Gasteiger partial charge in [-0.05, 0) is 45.2 Å². The number of guanidine groups is 1. The molecule has 0 aliphatic heterocycles. The minimum Gasteiger partial charge on any atom is -0.467 e. The first-order valence-electron chi connectivity index (χ1n) is 8.97. The SMILES string of the molecule is CCNC(=NCc1ccco1)NC1CC(OCC)C12CCCC2.I. The molecule has 2 aliphatic rings. The van der Waals surface area contributed by atoms with Crippen LogP contribution in [-0.2, 0) is 11.3 Å². The summed E-state index contributed by atoms with van der Waals surface area (Å²) in [4.78, 5) is 4.66. The number of hydrogen-bond donors (Lipinski definition) is 2. The van der Waals surface area contributed by atoms with E-state index in [0.717, 1.165) is 31.3 Å². The number of rotatable bonds is 6. The molecule has 5 nitrogen and oxygen atoms in total. The molecule has 1 aromatic rings. The Morgan fingerprint density at radius 1 is 1.38 bits per heavy atom. The van der Waals surface area contributed by atoms with Crippen LogP contribution in [0.15, 0.2) is 27.8 Å². The van der Waals surface area contributed by atoms with Crippen LogP contribution in [-0.4, -0.2) is 31.3 Å². The number of halogens is 1. The highest BCUT2D eigenvalue weighted by Crippen LogP contribution is 2.54. The van der Waals surface area contributed by atoms with E-state index in [2.05, 4.69) is 29.5 Å². The molecule has 3 rings (SSSR count). The molecule has 136 valence electrons. The van der Waals surface area contributed by atoms with Gasteiger partial charge in [-0.25, -0.2) is 4.99 Å². The lowest BCUT2D eigenvalue weighted by Crippen LogP contribution is -2.65. The molecular weight excluding hydrogens is 417 g/mol. The largest absolute Gasteiger partial charge is 0.467 e. The van der Waals surface area contributed by atoms with E-state index < -0.39 is 0 Å². The zero-order valence-electron chi connectivity index (χ0n) is 14.7. The highest BCUT2D eigenvalue weighted by Gasteiger charge is 2.56. The van der Waals surface area contributed by atoms with Gasteiger partial charge in [0, 0.05) is 24.6 Å². The van der Waals surface area contributed by atoms with Crippen LogP contribution in [0.3, 0.4) is 0 Å². The van der Waals surface area contributed by atoms with Crippen LogP contribution >= 0.6 is 24.0 Å². The lowest BCUT2D eigenvalue weighted by molar-refractivity contribution is -0.125. The second kappa shape index (κ2) is 9.08. The van der Waals surface area contributed by atoms with Crippen LogP contribution in [0, 0.1) is 5.41 Å². The van der Waals surface area contributed by atoms with E-state index in [0.29, 0.717) is 24.1 Å². The predicted molar refractivity (Wildman–Crippen MR) is 107 cm³/mol. The molecule has 1 spiro atoms. The van der Waals surface area contributed by atoms with Gasteiger partial charge in [-0.3, -0.25) is 0 Å². The van der Waals surface area contributed by atoms with Crippen LogP contribution in [0.1, 0.15) is 51.7 Å². The van der Waals surface area contributed by atoms with Gasteiger partial charge in [0.1, 0.15) is 12.3 Å². The Hall–Kier alpha value is -0.760. The molecule has 2 saturated carbocycles. The number of nitrogens with one attached hydrogen (secondary N) is 2. The van der Waals surface area contributed by atoms with Gasteiger partial charge in [0.25, 0.3) is 0 Å². The summed E-state index contributed by atoms with van der Waals surface area (Å²) in [5.41, 5.74) is 0.316. The van der Waals surface area contributed by atoms with Gasteiger partial charge >= 0.3 is 0 Å². The summed E-state index contributed by atoms with van der Waals surface area (Å²) in [6, 6.07) is 4.33. The molecule has 0 radical (unpaired) electrons. The maximum absolute atomic E-state index is 5.99. The van der Waals surface area contributed by atoms with Crippen LogP contribution in [0.4, 0.5) is 0 Å². The third-order valence-electron chi connectivity index (χ3n) is 5.32. The fourth-order valence-electron chi connectivity index (χ4n) is 4.13. The minimum atomic E-state index is 0. The summed E-state index contributed by atoms with van der Waals surface area (Å²) in [6.45, 7) is 6.43. The third-order valence-corrected chi connectivity index (χ3v) is 5.32. The molecule has 1 aromatic heterocycles. The number of aliphatic imine (C=N–C) groups is 1. The molecule has 2 fully saturated rings. The molecule has 2 atom stereocenters. The molecule has 0 saturated heterocycles. The summed E-state index contributed by atoms with van der Waals surface area (Å²) in [7, 11) is 0. The fourth-order valence-corrected chi connectivity index (χ4v) is 4.13. The van der Waals surface area contributed by atoms with Crippen molar-refractivity contribution in [2.24, 2.45) is 10.4 Å². The second-order valence-electron chi connectivity index (χ2n) is 6.59. The van der Waals surface area contributed by atoms with Crippen LogP contribution in [0.2, 0.25) is 0 Å². The van der Waals surface area contributed by atoms with Crippen LogP contribution in [0.25, 0.3) is 0 Å². The van der Waals surface area contributed by atoms with E-state index in [1.165, 1.54) is 25.7 Å². The highest BCUT2D eigenvalue weighted by atomic mass is 127. The Kier molecular flexibility index (Phi) is 7.40. The summed E-state index contributed by atoms with van der Waals surface area (Å²) in [6.07, 6.45) is 8.38. The van der Waals surface area contributed by atoms with Crippen molar-refractivity contribution in [3.05, 3.63) is 24.2 Å². The lowest BCUT2D eigenvalue weighted by atomic mass is 9.60. The second-order valence-corrected chi connectivity index (χ2v) is 6.59. The first kappa shape index (κ1) is 19.6. The van der Waals surface area contributed by atoms with Crippen LogP contribution < -0.4 is 10.6 Å². The zero-order valence-corrected chi connectivity index (χ0v) is 17.0. The Bertz CT molecular complexity index is 512.